The number of anilines is 2. The summed E-state index contributed by atoms with van der Waals surface area (Å²) in [7, 11) is 1.54. The molecule has 164 valence electrons. The highest BCUT2D eigenvalue weighted by molar-refractivity contribution is 7.80. The third-order valence-electron chi connectivity index (χ3n) is 5.32. The number of carbonyl (C=O) groups is 2. The lowest BCUT2D eigenvalue weighted by atomic mass is 10.1. The summed E-state index contributed by atoms with van der Waals surface area (Å²) in [5, 5.41) is 6.09. The van der Waals surface area contributed by atoms with Crippen molar-refractivity contribution in [2.45, 2.75) is 20.3 Å². The van der Waals surface area contributed by atoms with Gasteiger partial charge in [-0.3, -0.25) is 14.9 Å². The highest BCUT2D eigenvalue weighted by atomic mass is 32.1. The molecule has 3 rings (SSSR count). The van der Waals surface area contributed by atoms with Crippen molar-refractivity contribution in [3.63, 3.8) is 0 Å². The summed E-state index contributed by atoms with van der Waals surface area (Å²) in [6.07, 6.45) is 0.526. The van der Waals surface area contributed by atoms with Crippen LogP contribution in [0, 0.1) is 6.92 Å². The summed E-state index contributed by atoms with van der Waals surface area (Å²) in [4.78, 5) is 28.8. The zero-order chi connectivity index (χ0) is 22.4. The van der Waals surface area contributed by atoms with E-state index >= 15 is 0 Å². The summed E-state index contributed by atoms with van der Waals surface area (Å²) < 4.78 is 5.37. The van der Waals surface area contributed by atoms with E-state index in [1.807, 2.05) is 55.1 Å². The number of amides is 2. The van der Waals surface area contributed by atoms with E-state index in [9.17, 15) is 9.59 Å². The molecule has 2 amide bonds. The zero-order valence-electron chi connectivity index (χ0n) is 18.1. The summed E-state index contributed by atoms with van der Waals surface area (Å²) in [5.74, 6) is 0.381. The topological polar surface area (TPSA) is 73.9 Å². The molecular formula is C23H28N4O3S. The summed E-state index contributed by atoms with van der Waals surface area (Å²) in [6, 6.07) is 13.2. The van der Waals surface area contributed by atoms with Crippen LogP contribution in [0.3, 0.4) is 0 Å². The van der Waals surface area contributed by atoms with E-state index < -0.39 is 0 Å². The number of nitrogens with one attached hydrogen (secondary N) is 2. The first-order valence-electron chi connectivity index (χ1n) is 10.3. The molecule has 1 fully saturated rings. The molecule has 0 unspecified atom stereocenters. The first-order chi connectivity index (χ1) is 14.9. The Labute approximate surface area is 188 Å². The van der Waals surface area contributed by atoms with E-state index in [2.05, 4.69) is 15.5 Å². The lowest BCUT2D eigenvalue weighted by Crippen LogP contribution is -2.48. The Balaban J connectivity index is 1.67. The van der Waals surface area contributed by atoms with Crippen molar-refractivity contribution in [3.05, 3.63) is 53.6 Å². The molecule has 0 atom stereocenters. The van der Waals surface area contributed by atoms with Gasteiger partial charge in [-0.1, -0.05) is 31.2 Å². The van der Waals surface area contributed by atoms with Crippen molar-refractivity contribution < 1.29 is 14.3 Å². The Morgan fingerprint density at radius 3 is 2.45 bits per heavy atom. The van der Waals surface area contributed by atoms with Gasteiger partial charge in [0.1, 0.15) is 5.75 Å². The number of ether oxygens (including phenoxy) is 1. The van der Waals surface area contributed by atoms with Gasteiger partial charge in [0.2, 0.25) is 5.91 Å². The van der Waals surface area contributed by atoms with E-state index in [0.717, 1.165) is 30.0 Å². The SMILES string of the molecule is CCC(=O)N1CCN(c2ccccc2NC(=S)NC(=O)c2cccc(C)c2OC)CC1. The number of hydrogen-bond acceptors (Lipinski definition) is 5. The van der Waals surface area contributed by atoms with Crippen LogP contribution in [0.5, 0.6) is 5.75 Å². The summed E-state index contributed by atoms with van der Waals surface area (Å²) >= 11 is 5.40. The maximum Gasteiger partial charge on any atom is 0.261 e. The molecule has 0 aromatic heterocycles. The standard InChI is InChI=1S/C23H28N4O3S/c1-4-20(28)27-14-12-26(13-15-27)19-11-6-5-10-18(19)24-23(31)25-22(29)17-9-7-8-16(2)21(17)30-3/h5-11H,4,12-15H2,1-3H3,(H2,24,25,29,31). The summed E-state index contributed by atoms with van der Waals surface area (Å²) in [6.45, 7) is 6.63. The first kappa shape index (κ1) is 22.6. The number of nitrogens with zero attached hydrogens (tertiary/aromatic N) is 2. The molecule has 1 aliphatic rings. The van der Waals surface area contributed by atoms with Crippen LogP contribution in [0.15, 0.2) is 42.5 Å². The number of benzene rings is 2. The second-order valence-corrected chi connectivity index (χ2v) is 7.71. The fourth-order valence-corrected chi connectivity index (χ4v) is 3.90. The second kappa shape index (κ2) is 10.3. The normalized spacial score (nSPS) is 13.5. The minimum absolute atomic E-state index is 0.182. The van der Waals surface area contributed by atoms with Gasteiger partial charge in [0.15, 0.2) is 5.11 Å². The van der Waals surface area contributed by atoms with Gasteiger partial charge in [-0.25, -0.2) is 0 Å². The molecular weight excluding hydrogens is 412 g/mol. The number of methoxy groups -OCH3 is 1. The predicted octanol–water partition coefficient (Wildman–Crippen LogP) is 3.19. The fraction of sp³-hybridized carbons (Fsp3) is 0.348. The molecule has 0 bridgehead atoms. The molecule has 0 saturated carbocycles. The fourth-order valence-electron chi connectivity index (χ4n) is 3.70. The largest absolute Gasteiger partial charge is 0.496 e. The third-order valence-corrected chi connectivity index (χ3v) is 5.52. The minimum atomic E-state index is -0.331. The number of piperazine rings is 1. The highest BCUT2D eigenvalue weighted by Gasteiger charge is 2.22. The molecule has 31 heavy (non-hydrogen) atoms. The Hall–Kier alpha value is -3.13. The molecule has 1 saturated heterocycles. The van der Waals surface area contributed by atoms with Gasteiger partial charge >= 0.3 is 0 Å². The number of para-hydroxylation sites is 3. The Kier molecular flexibility index (Phi) is 7.46. The maximum absolute atomic E-state index is 12.7. The quantitative estimate of drug-likeness (QED) is 0.696. The van der Waals surface area contributed by atoms with Crippen molar-refractivity contribution in [1.29, 1.82) is 0 Å². The number of aryl methyl sites for hydroxylation is 1. The maximum atomic E-state index is 12.7. The van der Waals surface area contributed by atoms with Crippen LogP contribution in [-0.4, -0.2) is 55.1 Å². The van der Waals surface area contributed by atoms with Gasteiger partial charge in [0, 0.05) is 32.6 Å². The van der Waals surface area contributed by atoms with E-state index in [4.69, 9.17) is 17.0 Å². The zero-order valence-corrected chi connectivity index (χ0v) is 18.9. The van der Waals surface area contributed by atoms with Crippen LogP contribution >= 0.6 is 12.2 Å². The number of carbonyl (C=O) groups excluding carboxylic acids is 2. The van der Waals surface area contributed by atoms with Crippen LogP contribution < -0.4 is 20.3 Å². The van der Waals surface area contributed by atoms with E-state index in [0.29, 0.717) is 30.8 Å². The molecule has 1 aliphatic heterocycles. The highest BCUT2D eigenvalue weighted by Crippen LogP contribution is 2.27. The minimum Gasteiger partial charge on any atom is -0.496 e. The molecule has 0 aliphatic carbocycles. The van der Waals surface area contributed by atoms with E-state index in [1.54, 1.807) is 13.2 Å². The molecule has 8 heteroatoms. The van der Waals surface area contributed by atoms with Crippen molar-refractivity contribution in [2.75, 3.05) is 43.5 Å². The van der Waals surface area contributed by atoms with Crippen molar-refractivity contribution >= 4 is 40.5 Å². The first-order valence-corrected chi connectivity index (χ1v) is 10.7. The average molecular weight is 441 g/mol. The van der Waals surface area contributed by atoms with Gasteiger partial charge < -0.3 is 19.9 Å². The van der Waals surface area contributed by atoms with Crippen LogP contribution in [0.4, 0.5) is 11.4 Å². The third kappa shape index (κ3) is 5.32. The Morgan fingerprint density at radius 1 is 1.06 bits per heavy atom. The van der Waals surface area contributed by atoms with Crippen LogP contribution in [0.1, 0.15) is 29.3 Å². The molecule has 2 N–H and O–H groups in total. The van der Waals surface area contributed by atoms with Gasteiger partial charge in [0.25, 0.3) is 5.91 Å². The second-order valence-electron chi connectivity index (χ2n) is 7.30. The lowest BCUT2D eigenvalue weighted by Gasteiger charge is -2.37. The van der Waals surface area contributed by atoms with Crippen LogP contribution in [0.2, 0.25) is 0 Å². The van der Waals surface area contributed by atoms with Crippen molar-refractivity contribution in [3.8, 4) is 5.75 Å². The van der Waals surface area contributed by atoms with Crippen LogP contribution in [-0.2, 0) is 4.79 Å². The molecule has 2 aromatic carbocycles. The van der Waals surface area contributed by atoms with Crippen LogP contribution in [0.25, 0.3) is 0 Å². The lowest BCUT2D eigenvalue weighted by molar-refractivity contribution is -0.131. The Bertz CT molecular complexity index is 971. The van der Waals surface area contributed by atoms with E-state index in [1.165, 1.54) is 0 Å². The predicted molar refractivity (Wildman–Crippen MR) is 127 cm³/mol. The van der Waals surface area contributed by atoms with Gasteiger partial charge in [-0.15, -0.1) is 0 Å². The van der Waals surface area contributed by atoms with Gasteiger partial charge in [-0.2, -0.15) is 0 Å². The smallest absolute Gasteiger partial charge is 0.261 e. The molecule has 0 radical (unpaired) electrons. The molecule has 2 aromatic rings. The van der Waals surface area contributed by atoms with Gasteiger partial charge in [-0.05, 0) is 42.9 Å². The monoisotopic (exact) mass is 440 g/mol. The average Bonchev–Trinajstić information content (AvgIpc) is 2.78. The van der Waals surface area contributed by atoms with Crippen molar-refractivity contribution in [2.24, 2.45) is 0 Å². The molecule has 0 spiro atoms. The Morgan fingerprint density at radius 2 is 1.77 bits per heavy atom. The number of rotatable bonds is 5. The van der Waals surface area contributed by atoms with Gasteiger partial charge in [0.05, 0.1) is 24.0 Å². The van der Waals surface area contributed by atoms with Crippen molar-refractivity contribution in [1.82, 2.24) is 10.2 Å². The summed E-state index contributed by atoms with van der Waals surface area (Å²) in [5.41, 5.74) is 3.09. The number of hydrogen-bond donors (Lipinski definition) is 2. The van der Waals surface area contributed by atoms with E-state index in [-0.39, 0.29) is 16.9 Å². The number of thiocarbonyl (C=S) groups is 1. The molecule has 7 nitrogen and oxygen atoms in total. The molecule has 1 heterocycles.